The summed E-state index contributed by atoms with van der Waals surface area (Å²) >= 11 is 0. The van der Waals surface area contributed by atoms with Gasteiger partial charge in [-0.1, -0.05) is 13.8 Å². The van der Waals surface area contributed by atoms with Crippen molar-refractivity contribution < 1.29 is 14.6 Å². The summed E-state index contributed by atoms with van der Waals surface area (Å²) in [5, 5.41) is 13.7. The van der Waals surface area contributed by atoms with Gasteiger partial charge in [-0.25, -0.2) is 0 Å². The monoisotopic (exact) mass is 418 g/mol. The van der Waals surface area contributed by atoms with Crippen LogP contribution in [-0.4, -0.2) is 60.9 Å². The first-order valence-corrected chi connectivity index (χ1v) is 12.7. The molecule has 0 radical (unpaired) electrons. The highest BCUT2D eigenvalue weighted by atomic mass is 16.5. The third-order valence-corrected chi connectivity index (χ3v) is 10.4. The van der Waals surface area contributed by atoms with Crippen molar-refractivity contribution in [2.75, 3.05) is 32.8 Å². The van der Waals surface area contributed by atoms with Crippen molar-refractivity contribution in [1.29, 1.82) is 0 Å². The Hall–Kier alpha value is -0.650. The van der Waals surface area contributed by atoms with E-state index in [0.717, 1.165) is 69.2 Å². The number of ether oxygens (including phenoxy) is 1. The predicted octanol–water partition coefficient (Wildman–Crippen LogP) is 3.21. The smallest absolute Gasteiger partial charge is 0.234 e. The molecule has 1 aliphatic heterocycles. The van der Waals surface area contributed by atoms with Crippen molar-refractivity contribution in [3.8, 4) is 0 Å². The van der Waals surface area contributed by atoms with Crippen LogP contribution >= 0.6 is 0 Å². The maximum Gasteiger partial charge on any atom is 0.234 e. The number of hydrogen-bond acceptors (Lipinski definition) is 4. The van der Waals surface area contributed by atoms with E-state index in [2.05, 4.69) is 24.1 Å². The summed E-state index contributed by atoms with van der Waals surface area (Å²) in [4.78, 5) is 15.0. The van der Waals surface area contributed by atoms with Crippen LogP contribution in [0.2, 0.25) is 0 Å². The summed E-state index contributed by atoms with van der Waals surface area (Å²) in [6, 6.07) is 0.343. The molecule has 8 atom stereocenters. The van der Waals surface area contributed by atoms with Gasteiger partial charge in [-0.15, -0.1) is 0 Å². The summed E-state index contributed by atoms with van der Waals surface area (Å²) in [5.74, 6) is 3.33. The molecule has 5 fully saturated rings. The largest absolute Gasteiger partial charge is 0.393 e. The molecule has 5 rings (SSSR count). The summed E-state index contributed by atoms with van der Waals surface area (Å²) in [6.07, 6.45) is 10.8. The number of hydrogen-bond donors (Lipinski definition) is 2. The Morgan fingerprint density at radius 3 is 2.53 bits per heavy atom. The minimum atomic E-state index is -0.0639. The van der Waals surface area contributed by atoms with Gasteiger partial charge in [0.1, 0.15) is 0 Å². The molecule has 8 unspecified atom stereocenters. The number of morpholine rings is 1. The van der Waals surface area contributed by atoms with Gasteiger partial charge in [0, 0.05) is 19.1 Å². The molecule has 1 heterocycles. The second-order valence-electron chi connectivity index (χ2n) is 11.7. The zero-order valence-corrected chi connectivity index (χ0v) is 19.1. The molecule has 170 valence electrons. The number of carbonyl (C=O) groups excluding carboxylic acids is 1. The average molecular weight is 419 g/mol. The van der Waals surface area contributed by atoms with Crippen LogP contribution in [0.25, 0.3) is 0 Å². The van der Waals surface area contributed by atoms with Gasteiger partial charge in [-0.3, -0.25) is 9.69 Å². The minimum Gasteiger partial charge on any atom is -0.393 e. The van der Waals surface area contributed by atoms with Crippen molar-refractivity contribution in [2.24, 2.45) is 34.5 Å². The molecule has 5 heteroatoms. The number of amides is 1. The van der Waals surface area contributed by atoms with Crippen LogP contribution in [-0.2, 0) is 9.53 Å². The molecule has 0 bridgehead atoms. The second kappa shape index (κ2) is 8.04. The lowest BCUT2D eigenvalue weighted by atomic mass is 9.45. The molecule has 30 heavy (non-hydrogen) atoms. The highest BCUT2D eigenvalue weighted by Crippen LogP contribution is 2.66. The van der Waals surface area contributed by atoms with Crippen LogP contribution in [0.15, 0.2) is 0 Å². The number of nitrogens with one attached hydrogen (secondary N) is 1. The first-order valence-electron chi connectivity index (χ1n) is 12.7. The zero-order valence-electron chi connectivity index (χ0n) is 19.1. The van der Waals surface area contributed by atoms with E-state index in [4.69, 9.17) is 4.74 Å². The molecule has 5 nitrogen and oxygen atoms in total. The fraction of sp³-hybridized carbons (Fsp3) is 0.960. The SMILES string of the molecule is CC12CCC(O)CC1CCC1C2CCC2(C)C(NC(=O)CN3CCOCC3)CCC12. The van der Waals surface area contributed by atoms with E-state index in [1.165, 1.54) is 38.5 Å². The van der Waals surface area contributed by atoms with Crippen LogP contribution < -0.4 is 5.32 Å². The molecule has 1 amide bonds. The summed E-state index contributed by atoms with van der Waals surface area (Å²) in [6.45, 7) is 8.80. The fourth-order valence-corrected chi connectivity index (χ4v) is 8.67. The Balaban J connectivity index is 1.25. The van der Waals surface area contributed by atoms with Crippen molar-refractivity contribution in [2.45, 2.75) is 83.8 Å². The Labute approximate surface area is 182 Å². The van der Waals surface area contributed by atoms with Gasteiger partial charge >= 0.3 is 0 Å². The fourth-order valence-electron chi connectivity index (χ4n) is 8.67. The normalized spacial score (nSPS) is 49.0. The maximum atomic E-state index is 12.8. The lowest BCUT2D eigenvalue weighted by Gasteiger charge is -2.61. The third-order valence-electron chi connectivity index (χ3n) is 10.4. The molecule has 5 aliphatic rings. The summed E-state index contributed by atoms with van der Waals surface area (Å²) in [7, 11) is 0. The van der Waals surface area contributed by atoms with E-state index in [-0.39, 0.29) is 17.4 Å². The molecule has 0 aromatic heterocycles. The number of carbonyl (C=O) groups is 1. The molecule has 0 spiro atoms. The van der Waals surface area contributed by atoms with Gasteiger partial charge in [-0.2, -0.15) is 0 Å². The van der Waals surface area contributed by atoms with Gasteiger partial charge in [0.25, 0.3) is 0 Å². The second-order valence-corrected chi connectivity index (χ2v) is 11.7. The minimum absolute atomic E-state index is 0.0639. The Morgan fingerprint density at radius 1 is 1.00 bits per heavy atom. The Kier molecular flexibility index (Phi) is 5.69. The van der Waals surface area contributed by atoms with Gasteiger partial charge in [0.05, 0.1) is 25.9 Å². The van der Waals surface area contributed by atoms with Crippen molar-refractivity contribution in [3.63, 3.8) is 0 Å². The van der Waals surface area contributed by atoms with Crippen molar-refractivity contribution >= 4 is 5.91 Å². The quantitative estimate of drug-likeness (QED) is 0.739. The molecule has 4 saturated carbocycles. The van der Waals surface area contributed by atoms with Crippen molar-refractivity contribution in [3.05, 3.63) is 0 Å². The van der Waals surface area contributed by atoms with Crippen LogP contribution in [0.3, 0.4) is 0 Å². The van der Waals surface area contributed by atoms with Crippen LogP contribution in [0, 0.1) is 34.5 Å². The summed E-state index contributed by atoms with van der Waals surface area (Å²) < 4.78 is 5.42. The van der Waals surface area contributed by atoms with Gasteiger partial charge in [0.2, 0.25) is 5.91 Å². The molecular formula is C25H42N2O3. The van der Waals surface area contributed by atoms with Gasteiger partial charge in [0.15, 0.2) is 0 Å². The highest BCUT2D eigenvalue weighted by molar-refractivity contribution is 5.78. The topological polar surface area (TPSA) is 61.8 Å². The Morgan fingerprint density at radius 2 is 1.73 bits per heavy atom. The first kappa shape index (κ1) is 21.2. The lowest BCUT2D eigenvalue weighted by Crippen LogP contribution is -2.56. The van der Waals surface area contributed by atoms with E-state index in [1.807, 2.05) is 0 Å². The van der Waals surface area contributed by atoms with E-state index < -0.39 is 0 Å². The number of nitrogens with zero attached hydrogens (tertiary/aromatic N) is 1. The van der Waals surface area contributed by atoms with E-state index in [9.17, 15) is 9.90 Å². The lowest BCUT2D eigenvalue weighted by molar-refractivity contribution is -0.131. The van der Waals surface area contributed by atoms with E-state index in [1.54, 1.807) is 0 Å². The standard InChI is InChI=1S/C25H42N2O3/c1-24-9-7-18(28)15-17(24)3-4-19-20-5-6-22(25(20,2)10-8-21(19)24)26-23(29)16-27-11-13-30-14-12-27/h17-22,28H,3-16H2,1-2H3,(H,26,29). The number of rotatable bonds is 3. The Bertz CT molecular complexity index is 650. The average Bonchev–Trinajstić information content (AvgIpc) is 3.05. The first-order chi connectivity index (χ1) is 14.4. The molecular weight excluding hydrogens is 376 g/mol. The van der Waals surface area contributed by atoms with E-state index in [0.29, 0.717) is 18.0 Å². The van der Waals surface area contributed by atoms with E-state index >= 15 is 0 Å². The molecule has 2 N–H and O–H groups in total. The van der Waals surface area contributed by atoms with Crippen molar-refractivity contribution in [1.82, 2.24) is 10.2 Å². The van der Waals surface area contributed by atoms with Crippen LogP contribution in [0.5, 0.6) is 0 Å². The molecule has 4 aliphatic carbocycles. The van der Waals surface area contributed by atoms with Crippen LogP contribution in [0.4, 0.5) is 0 Å². The molecule has 0 aromatic carbocycles. The van der Waals surface area contributed by atoms with Gasteiger partial charge < -0.3 is 15.2 Å². The number of aliphatic hydroxyl groups is 1. The summed E-state index contributed by atoms with van der Waals surface area (Å²) in [5.41, 5.74) is 0.695. The van der Waals surface area contributed by atoms with Gasteiger partial charge in [-0.05, 0) is 92.3 Å². The maximum absolute atomic E-state index is 12.8. The predicted molar refractivity (Wildman–Crippen MR) is 117 cm³/mol. The number of aliphatic hydroxyl groups excluding tert-OH is 1. The highest BCUT2D eigenvalue weighted by Gasteiger charge is 2.60. The zero-order chi connectivity index (χ0) is 20.9. The molecule has 0 aromatic rings. The molecule has 1 saturated heterocycles. The number of fused-ring (bicyclic) bond motifs is 5. The van der Waals surface area contributed by atoms with Crippen LogP contribution in [0.1, 0.15) is 71.6 Å². The third kappa shape index (κ3) is 3.53.